The van der Waals surface area contributed by atoms with Crippen molar-refractivity contribution in [3.63, 3.8) is 0 Å². The molecule has 0 bridgehead atoms. The maximum Gasteiger partial charge on any atom is 0.267 e. The molecule has 0 aliphatic heterocycles. The van der Waals surface area contributed by atoms with Gasteiger partial charge in [-0.15, -0.1) is 0 Å². The Bertz CT molecular complexity index is 565. The monoisotopic (exact) mass is 285 g/mol. The van der Waals surface area contributed by atoms with E-state index in [1.165, 1.54) is 4.90 Å². The molecule has 0 spiro atoms. The van der Waals surface area contributed by atoms with Crippen LogP contribution in [0.3, 0.4) is 0 Å². The van der Waals surface area contributed by atoms with Crippen LogP contribution in [0, 0.1) is 22.7 Å². The van der Waals surface area contributed by atoms with Gasteiger partial charge in [0.05, 0.1) is 17.7 Å². The maximum atomic E-state index is 12.5. The van der Waals surface area contributed by atoms with Crippen LogP contribution in [0.25, 0.3) is 0 Å². The van der Waals surface area contributed by atoms with Crippen molar-refractivity contribution >= 4 is 5.91 Å². The van der Waals surface area contributed by atoms with Crippen molar-refractivity contribution in [1.29, 1.82) is 10.5 Å². The Morgan fingerprint density at radius 1 is 1.29 bits per heavy atom. The number of benzene rings is 1. The van der Waals surface area contributed by atoms with Crippen molar-refractivity contribution in [2.75, 3.05) is 13.1 Å². The SMILES string of the molecule is CCCN(CC#N)C(=O)C(C)(C)Oc1ccc(C#N)cc1. The second kappa shape index (κ2) is 7.31. The number of nitriles is 2. The minimum absolute atomic E-state index is 0.0484. The minimum atomic E-state index is -1.07. The van der Waals surface area contributed by atoms with Gasteiger partial charge in [-0.3, -0.25) is 4.79 Å². The van der Waals surface area contributed by atoms with Gasteiger partial charge in [-0.05, 0) is 44.5 Å². The molecule has 0 heterocycles. The molecule has 0 aliphatic rings. The van der Waals surface area contributed by atoms with Crippen molar-refractivity contribution in [2.45, 2.75) is 32.8 Å². The van der Waals surface area contributed by atoms with Crippen LogP contribution in [0.4, 0.5) is 0 Å². The standard InChI is InChI=1S/C16H19N3O2/c1-4-10-19(11-9-17)15(20)16(2,3)21-14-7-5-13(12-18)6-8-14/h5-8H,4,10-11H2,1-3H3. The van der Waals surface area contributed by atoms with Gasteiger partial charge in [0, 0.05) is 6.54 Å². The van der Waals surface area contributed by atoms with Crippen molar-refractivity contribution < 1.29 is 9.53 Å². The summed E-state index contributed by atoms with van der Waals surface area (Å²) in [7, 11) is 0. The molecule has 0 atom stereocenters. The molecular formula is C16H19N3O2. The highest BCUT2D eigenvalue weighted by molar-refractivity contribution is 5.85. The highest BCUT2D eigenvalue weighted by Gasteiger charge is 2.33. The maximum absolute atomic E-state index is 12.5. The third kappa shape index (κ3) is 4.50. The molecule has 0 N–H and O–H groups in total. The Balaban J connectivity index is 2.85. The molecule has 1 aromatic carbocycles. The van der Waals surface area contributed by atoms with E-state index in [4.69, 9.17) is 15.3 Å². The highest BCUT2D eigenvalue weighted by atomic mass is 16.5. The lowest BCUT2D eigenvalue weighted by atomic mass is 10.1. The topological polar surface area (TPSA) is 77.1 Å². The fraction of sp³-hybridized carbons (Fsp3) is 0.438. The summed E-state index contributed by atoms with van der Waals surface area (Å²) < 4.78 is 5.73. The lowest BCUT2D eigenvalue weighted by molar-refractivity contribution is -0.144. The van der Waals surface area contributed by atoms with Crippen molar-refractivity contribution in [2.24, 2.45) is 0 Å². The molecule has 0 aliphatic carbocycles. The zero-order valence-electron chi connectivity index (χ0n) is 12.6. The Labute approximate surface area is 125 Å². The Hall–Kier alpha value is -2.53. The summed E-state index contributed by atoms with van der Waals surface area (Å²) in [4.78, 5) is 14.0. The van der Waals surface area contributed by atoms with Crippen LogP contribution in [0.5, 0.6) is 5.75 Å². The molecule has 5 heteroatoms. The first-order valence-corrected chi connectivity index (χ1v) is 6.80. The van der Waals surface area contributed by atoms with E-state index in [2.05, 4.69) is 0 Å². The lowest BCUT2D eigenvalue weighted by Gasteiger charge is -2.31. The van der Waals surface area contributed by atoms with E-state index in [-0.39, 0.29) is 12.5 Å². The third-order valence-corrected chi connectivity index (χ3v) is 2.91. The fourth-order valence-electron chi connectivity index (χ4n) is 1.92. The average Bonchev–Trinajstić information content (AvgIpc) is 2.46. The molecule has 21 heavy (non-hydrogen) atoms. The lowest BCUT2D eigenvalue weighted by Crippen LogP contribution is -2.49. The molecule has 110 valence electrons. The van der Waals surface area contributed by atoms with Crippen molar-refractivity contribution in [3.05, 3.63) is 29.8 Å². The molecule has 0 unspecified atom stereocenters. The fourth-order valence-corrected chi connectivity index (χ4v) is 1.92. The Morgan fingerprint density at radius 2 is 1.90 bits per heavy atom. The number of hydrogen-bond donors (Lipinski definition) is 0. The van der Waals surface area contributed by atoms with Crippen LogP contribution in [0.1, 0.15) is 32.8 Å². The van der Waals surface area contributed by atoms with Gasteiger partial charge in [-0.1, -0.05) is 6.92 Å². The summed E-state index contributed by atoms with van der Waals surface area (Å²) in [6.07, 6.45) is 0.778. The number of carbonyl (C=O) groups is 1. The molecule has 1 aromatic rings. The number of carbonyl (C=O) groups excluding carboxylic acids is 1. The predicted molar refractivity (Wildman–Crippen MR) is 78.3 cm³/mol. The first-order valence-electron chi connectivity index (χ1n) is 6.80. The number of nitrogens with zero attached hydrogens (tertiary/aromatic N) is 3. The molecule has 0 saturated heterocycles. The molecule has 0 radical (unpaired) electrons. The molecule has 5 nitrogen and oxygen atoms in total. The van der Waals surface area contributed by atoms with Gasteiger partial charge in [0.1, 0.15) is 12.3 Å². The smallest absolute Gasteiger partial charge is 0.267 e. The minimum Gasteiger partial charge on any atom is -0.478 e. The average molecular weight is 285 g/mol. The summed E-state index contributed by atoms with van der Waals surface area (Å²) in [6, 6.07) is 10.6. The summed E-state index contributed by atoms with van der Waals surface area (Å²) >= 11 is 0. The third-order valence-electron chi connectivity index (χ3n) is 2.91. The number of amides is 1. The number of rotatable bonds is 6. The van der Waals surface area contributed by atoms with Crippen LogP contribution in [-0.4, -0.2) is 29.5 Å². The molecule has 1 rings (SSSR count). The van der Waals surface area contributed by atoms with Crippen LogP contribution in [0.15, 0.2) is 24.3 Å². The van der Waals surface area contributed by atoms with Crippen molar-refractivity contribution in [1.82, 2.24) is 4.90 Å². The van der Waals surface area contributed by atoms with E-state index < -0.39 is 5.60 Å². The predicted octanol–water partition coefficient (Wildman–Crippen LogP) is 2.48. The zero-order chi connectivity index (χ0) is 15.9. The van der Waals surface area contributed by atoms with Gasteiger partial charge >= 0.3 is 0 Å². The largest absolute Gasteiger partial charge is 0.478 e. The van der Waals surface area contributed by atoms with Gasteiger partial charge in [0.25, 0.3) is 5.91 Å². The molecule has 0 fully saturated rings. The van der Waals surface area contributed by atoms with E-state index in [9.17, 15) is 4.79 Å². The summed E-state index contributed by atoms with van der Waals surface area (Å²) in [6.45, 7) is 5.87. The summed E-state index contributed by atoms with van der Waals surface area (Å²) in [5.41, 5.74) is -0.538. The van der Waals surface area contributed by atoms with Gasteiger partial charge in [-0.2, -0.15) is 10.5 Å². The van der Waals surface area contributed by atoms with Crippen LogP contribution >= 0.6 is 0 Å². The van der Waals surface area contributed by atoms with Crippen LogP contribution < -0.4 is 4.74 Å². The van der Waals surface area contributed by atoms with Crippen LogP contribution in [-0.2, 0) is 4.79 Å². The molecule has 0 saturated carbocycles. The Morgan fingerprint density at radius 3 is 2.38 bits per heavy atom. The first-order chi connectivity index (χ1) is 9.94. The van der Waals surface area contributed by atoms with E-state index >= 15 is 0 Å². The van der Waals surface area contributed by atoms with Gasteiger partial charge in [0.15, 0.2) is 5.60 Å². The quantitative estimate of drug-likeness (QED) is 0.752. The Kier molecular flexibility index (Phi) is 5.75. The summed E-state index contributed by atoms with van der Waals surface area (Å²) in [5.74, 6) is 0.288. The van der Waals surface area contributed by atoms with E-state index in [1.54, 1.807) is 38.1 Å². The second-order valence-corrected chi connectivity index (χ2v) is 5.13. The highest BCUT2D eigenvalue weighted by Crippen LogP contribution is 2.21. The van der Waals surface area contributed by atoms with E-state index in [0.29, 0.717) is 17.9 Å². The van der Waals surface area contributed by atoms with Crippen molar-refractivity contribution in [3.8, 4) is 17.9 Å². The van der Waals surface area contributed by atoms with E-state index in [1.807, 2.05) is 19.1 Å². The van der Waals surface area contributed by atoms with Crippen LogP contribution in [0.2, 0.25) is 0 Å². The van der Waals surface area contributed by atoms with Gasteiger partial charge in [0.2, 0.25) is 0 Å². The number of hydrogen-bond acceptors (Lipinski definition) is 4. The summed E-state index contributed by atoms with van der Waals surface area (Å²) in [5, 5.41) is 17.6. The zero-order valence-corrected chi connectivity index (χ0v) is 12.6. The van der Waals surface area contributed by atoms with Gasteiger partial charge < -0.3 is 9.64 Å². The van der Waals surface area contributed by atoms with E-state index in [0.717, 1.165) is 6.42 Å². The number of ether oxygens (including phenoxy) is 1. The molecule has 1 amide bonds. The molecular weight excluding hydrogens is 266 g/mol. The first kappa shape index (κ1) is 16.5. The second-order valence-electron chi connectivity index (χ2n) is 5.13. The molecule has 0 aromatic heterocycles. The normalized spacial score (nSPS) is 10.3. The van der Waals surface area contributed by atoms with Gasteiger partial charge in [-0.25, -0.2) is 0 Å².